The fraction of sp³-hybridized carbons (Fsp3) is 0.486. The Balaban J connectivity index is 1.48. The summed E-state index contributed by atoms with van der Waals surface area (Å²) in [4.78, 5) is 58.1. The molecule has 2 fully saturated rings. The van der Waals surface area contributed by atoms with Gasteiger partial charge in [-0.25, -0.2) is 0 Å². The summed E-state index contributed by atoms with van der Waals surface area (Å²) < 4.78 is 95.2. The van der Waals surface area contributed by atoms with Crippen molar-refractivity contribution in [2.45, 2.75) is 69.4 Å². The fourth-order valence-corrected chi connectivity index (χ4v) is 7.55. The first-order chi connectivity index (χ1) is 25.1. The highest BCUT2D eigenvalue weighted by molar-refractivity contribution is 7.10. The van der Waals surface area contributed by atoms with Gasteiger partial charge in [0, 0.05) is 63.2 Å². The van der Waals surface area contributed by atoms with Gasteiger partial charge in [-0.2, -0.15) is 26.3 Å². The maximum Gasteiger partial charge on any atom is 0.425 e. The highest BCUT2D eigenvalue weighted by Crippen LogP contribution is 2.43. The molecule has 5 rings (SSSR count). The number of carboxylic acid groups (broad SMARTS) is 1. The number of H-pyrrole nitrogens is 1. The summed E-state index contributed by atoms with van der Waals surface area (Å²) in [6.45, 7) is 2.52. The number of aromatic amines is 1. The van der Waals surface area contributed by atoms with E-state index < -0.39 is 63.3 Å². The molecule has 1 aromatic carbocycles. The van der Waals surface area contributed by atoms with Crippen LogP contribution in [0.5, 0.6) is 11.5 Å². The Morgan fingerprint density at radius 2 is 1.74 bits per heavy atom. The zero-order valence-corrected chi connectivity index (χ0v) is 29.4. The molecule has 288 valence electrons. The van der Waals surface area contributed by atoms with Crippen LogP contribution in [0.15, 0.2) is 52.8 Å². The minimum atomic E-state index is -5.06. The predicted octanol–water partition coefficient (Wildman–Crippen LogP) is 6.29. The predicted molar refractivity (Wildman–Crippen MR) is 181 cm³/mol. The molecule has 2 aliphatic heterocycles. The first kappa shape index (κ1) is 39.5. The molecule has 2 amide bonds. The number of amides is 2. The largest absolute Gasteiger partial charge is 0.491 e. The van der Waals surface area contributed by atoms with Crippen molar-refractivity contribution in [3.8, 4) is 11.5 Å². The Kier molecular flexibility index (Phi) is 12.0. The molecule has 0 bridgehead atoms. The molecule has 0 radical (unpaired) electrons. The van der Waals surface area contributed by atoms with Crippen molar-refractivity contribution in [1.29, 1.82) is 0 Å². The minimum Gasteiger partial charge on any atom is -0.491 e. The number of pyridine rings is 1. The van der Waals surface area contributed by atoms with E-state index in [1.165, 1.54) is 4.90 Å². The number of likely N-dealkylation sites (tertiary alicyclic amines) is 1. The number of ether oxygens (including phenoxy) is 2. The number of carbonyl (C=O) groups is 3. The first-order valence-electron chi connectivity index (χ1n) is 17.0. The third-order valence-corrected chi connectivity index (χ3v) is 10.2. The first-order valence-corrected chi connectivity index (χ1v) is 17.9. The molecule has 0 spiro atoms. The molecule has 4 heterocycles. The zero-order chi connectivity index (χ0) is 38.6. The van der Waals surface area contributed by atoms with Gasteiger partial charge in [-0.3, -0.25) is 19.2 Å². The number of carbonyl (C=O) groups excluding carboxylic acids is 2. The van der Waals surface area contributed by atoms with Gasteiger partial charge in [-0.1, -0.05) is 25.5 Å². The molecule has 18 heteroatoms. The van der Waals surface area contributed by atoms with Crippen LogP contribution in [0, 0.1) is 0 Å². The molecular formula is C35H38F6N4O7S. The quantitative estimate of drug-likeness (QED) is 0.162. The molecule has 2 atom stereocenters. The topological polar surface area (TPSA) is 132 Å². The Morgan fingerprint density at radius 1 is 1.02 bits per heavy atom. The minimum absolute atomic E-state index is 0.0202. The summed E-state index contributed by atoms with van der Waals surface area (Å²) in [5.74, 6) is -2.65. The number of hydrogen-bond acceptors (Lipinski definition) is 8. The van der Waals surface area contributed by atoms with Gasteiger partial charge >= 0.3 is 18.3 Å². The number of piperazine rings is 1. The second-order valence-corrected chi connectivity index (χ2v) is 13.6. The lowest BCUT2D eigenvalue weighted by molar-refractivity contribution is -0.159. The van der Waals surface area contributed by atoms with Crippen molar-refractivity contribution in [2.24, 2.45) is 0 Å². The van der Waals surface area contributed by atoms with Gasteiger partial charge in [0.2, 0.25) is 5.60 Å². The number of aromatic nitrogens is 1. The van der Waals surface area contributed by atoms with E-state index in [0.717, 1.165) is 22.5 Å². The number of nitrogens with zero attached hydrogens (tertiary/aromatic N) is 3. The Morgan fingerprint density at radius 3 is 2.38 bits per heavy atom. The summed E-state index contributed by atoms with van der Waals surface area (Å²) in [5, 5.41) is 10.0. The third-order valence-electron chi connectivity index (χ3n) is 9.25. The van der Waals surface area contributed by atoms with Crippen molar-refractivity contribution >= 4 is 34.8 Å². The Labute approximate surface area is 304 Å². The highest BCUT2D eigenvalue weighted by atomic mass is 32.1. The van der Waals surface area contributed by atoms with Gasteiger partial charge < -0.3 is 34.3 Å². The third kappa shape index (κ3) is 8.74. The molecule has 0 aliphatic carbocycles. The summed E-state index contributed by atoms with van der Waals surface area (Å²) in [6, 6.07) is 7.17. The number of thiophene rings is 1. The van der Waals surface area contributed by atoms with Gasteiger partial charge in [-0.15, -0.1) is 11.3 Å². The van der Waals surface area contributed by atoms with E-state index >= 15 is 0 Å². The van der Waals surface area contributed by atoms with E-state index in [1.54, 1.807) is 25.1 Å². The molecule has 11 nitrogen and oxygen atoms in total. The molecule has 0 saturated carbocycles. The van der Waals surface area contributed by atoms with Crippen LogP contribution in [0.2, 0.25) is 0 Å². The van der Waals surface area contributed by atoms with Crippen molar-refractivity contribution in [2.75, 3.05) is 44.2 Å². The molecule has 53 heavy (non-hydrogen) atoms. The lowest BCUT2D eigenvalue weighted by atomic mass is 9.79. The average molecular weight is 773 g/mol. The van der Waals surface area contributed by atoms with Crippen LogP contribution in [-0.4, -0.2) is 88.6 Å². The second kappa shape index (κ2) is 16.1. The van der Waals surface area contributed by atoms with Crippen molar-refractivity contribution in [3.63, 3.8) is 0 Å². The number of hydrogen-bond donors (Lipinski definition) is 2. The SMILES string of the molecule is CCC[C@H]1N(C(=O)c2c(C(F)(F)F)cc[nH]c2=O)CCC[C@@]1(Oc1csc(C(F)(F)F)c1)C(=O)N1CCN(c2ccccc2OCCCC(=O)O)CC1. The van der Waals surface area contributed by atoms with E-state index in [9.17, 15) is 45.5 Å². The van der Waals surface area contributed by atoms with Gasteiger partial charge in [0.05, 0.1) is 23.9 Å². The van der Waals surface area contributed by atoms with Crippen LogP contribution in [-0.2, 0) is 21.9 Å². The number of piperidine rings is 1. The van der Waals surface area contributed by atoms with E-state index in [2.05, 4.69) is 4.98 Å². The maximum absolute atomic E-state index is 14.8. The lowest BCUT2D eigenvalue weighted by Gasteiger charge is -2.50. The number of benzene rings is 1. The zero-order valence-electron chi connectivity index (χ0n) is 28.6. The second-order valence-electron chi connectivity index (χ2n) is 12.7. The lowest BCUT2D eigenvalue weighted by Crippen LogP contribution is -2.69. The number of rotatable bonds is 12. The summed E-state index contributed by atoms with van der Waals surface area (Å²) in [7, 11) is 0. The van der Waals surface area contributed by atoms with Crippen LogP contribution >= 0.6 is 11.3 Å². The van der Waals surface area contributed by atoms with E-state index in [1.807, 2.05) is 11.0 Å². The number of halogens is 6. The van der Waals surface area contributed by atoms with Gasteiger partial charge in [-0.05, 0) is 37.5 Å². The Hall–Kier alpha value is -4.74. The molecule has 2 aromatic heterocycles. The molecule has 2 N–H and O–H groups in total. The van der Waals surface area contributed by atoms with Crippen LogP contribution < -0.4 is 19.9 Å². The monoisotopic (exact) mass is 772 g/mol. The number of para-hydroxylation sites is 2. The summed E-state index contributed by atoms with van der Waals surface area (Å²) >= 11 is 0.350. The molecule has 2 saturated heterocycles. The van der Waals surface area contributed by atoms with Gasteiger partial charge in [0.15, 0.2) is 0 Å². The average Bonchev–Trinajstić information content (AvgIpc) is 3.59. The van der Waals surface area contributed by atoms with Crippen LogP contribution in [0.4, 0.5) is 32.0 Å². The Bertz CT molecular complexity index is 1840. The number of carboxylic acids is 1. The number of anilines is 1. The van der Waals surface area contributed by atoms with Crippen molar-refractivity contribution < 1.29 is 55.3 Å². The van der Waals surface area contributed by atoms with E-state index in [0.29, 0.717) is 35.3 Å². The normalized spacial score (nSPS) is 19.6. The standard InChI is InChI=1S/C35H38F6N4O7S/c1-2-7-26-33(52-22-20-27(53-21-22)35(39,40)41,12-6-14-45(26)31(49)29-23(34(36,37)38)11-13-42-30(29)48)32(50)44-17-15-43(16-18-44)24-8-3-4-9-25(24)51-19-5-10-28(46)47/h3-4,8-9,11,13,20-21,26H,2,5-7,10,12,14-19H2,1H3,(H,42,48)(H,46,47)/t26-,33+/m1/s1. The number of aliphatic carboxylic acids is 1. The maximum atomic E-state index is 14.8. The van der Waals surface area contributed by atoms with Crippen LogP contribution in [0.25, 0.3) is 0 Å². The smallest absolute Gasteiger partial charge is 0.425 e. The van der Waals surface area contributed by atoms with E-state index in [-0.39, 0.29) is 77.2 Å². The molecule has 2 aliphatic rings. The molecular weight excluding hydrogens is 734 g/mol. The summed E-state index contributed by atoms with van der Waals surface area (Å²) in [6.07, 6.45) is -8.49. The van der Waals surface area contributed by atoms with Crippen molar-refractivity contribution in [3.05, 3.63) is 74.3 Å². The number of alkyl halides is 6. The van der Waals surface area contributed by atoms with Gasteiger partial charge in [0.25, 0.3) is 17.4 Å². The number of nitrogens with one attached hydrogen (secondary N) is 1. The molecule has 3 aromatic rings. The molecule has 0 unspecified atom stereocenters. The van der Waals surface area contributed by atoms with Crippen molar-refractivity contribution in [1.82, 2.24) is 14.8 Å². The van der Waals surface area contributed by atoms with Crippen LogP contribution in [0.1, 0.15) is 66.2 Å². The van der Waals surface area contributed by atoms with Gasteiger partial charge in [0.1, 0.15) is 21.9 Å². The fourth-order valence-electron chi connectivity index (χ4n) is 6.87. The highest BCUT2D eigenvalue weighted by Gasteiger charge is 2.56. The van der Waals surface area contributed by atoms with E-state index in [4.69, 9.17) is 14.6 Å². The van der Waals surface area contributed by atoms with Crippen LogP contribution in [0.3, 0.4) is 0 Å². The summed E-state index contributed by atoms with van der Waals surface area (Å²) in [5.41, 5.74) is -5.21.